The summed E-state index contributed by atoms with van der Waals surface area (Å²) in [6.45, 7) is 3.31. The molecule has 0 fully saturated rings. The van der Waals surface area contributed by atoms with Crippen molar-refractivity contribution in [3.8, 4) is 5.75 Å². The maximum Gasteiger partial charge on any atom is 0.197 e. The summed E-state index contributed by atoms with van der Waals surface area (Å²) in [6, 6.07) is 13.7. The van der Waals surface area contributed by atoms with Crippen molar-refractivity contribution in [2.24, 2.45) is 4.99 Å². The number of nitrogens with one attached hydrogen (secondary N) is 2. The van der Waals surface area contributed by atoms with E-state index < -0.39 is 0 Å². The first-order chi connectivity index (χ1) is 11.1. The first kappa shape index (κ1) is 16.1. The van der Waals surface area contributed by atoms with Gasteiger partial charge in [0.05, 0.1) is 18.3 Å². The van der Waals surface area contributed by atoms with Crippen molar-refractivity contribution in [2.45, 2.75) is 13.0 Å². The van der Waals surface area contributed by atoms with Gasteiger partial charge in [-0.15, -0.1) is 0 Å². The fourth-order valence-corrected chi connectivity index (χ4v) is 3.33. The molecule has 1 aliphatic heterocycles. The van der Waals surface area contributed by atoms with Crippen LogP contribution >= 0.6 is 27.5 Å². The van der Waals surface area contributed by atoms with Crippen LogP contribution in [0, 0.1) is 0 Å². The van der Waals surface area contributed by atoms with Crippen LogP contribution in [0.2, 0.25) is 5.02 Å². The normalized spacial score (nSPS) is 16.1. The number of fused-ring (bicyclic) bond motifs is 1. The first-order valence-corrected chi connectivity index (χ1v) is 8.56. The van der Waals surface area contributed by atoms with Gasteiger partial charge in [-0.2, -0.15) is 0 Å². The zero-order chi connectivity index (χ0) is 16.2. The van der Waals surface area contributed by atoms with E-state index in [-0.39, 0.29) is 6.04 Å². The smallest absolute Gasteiger partial charge is 0.197 e. The van der Waals surface area contributed by atoms with Crippen LogP contribution in [-0.4, -0.2) is 19.1 Å². The fourth-order valence-electron chi connectivity index (χ4n) is 2.41. The molecule has 0 aliphatic carbocycles. The lowest BCUT2D eigenvalue weighted by molar-refractivity contribution is 0.321. The summed E-state index contributed by atoms with van der Waals surface area (Å²) in [5.41, 5.74) is 1.99. The van der Waals surface area contributed by atoms with Crippen molar-refractivity contribution >= 4 is 39.2 Å². The molecule has 2 N–H and O–H groups in total. The molecule has 0 spiro atoms. The van der Waals surface area contributed by atoms with Crippen molar-refractivity contribution in [3.05, 3.63) is 57.5 Å². The number of hydrogen-bond acceptors (Lipinski definition) is 4. The number of nitrogens with zero attached hydrogens (tertiary/aromatic N) is 1. The lowest BCUT2D eigenvalue weighted by Crippen LogP contribution is -2.42. The minimum atomic E-state index is 0.134. The molecule has 0 saturated carbocycles. The summed E-state index contributed by atoms with van der Waals surface area (Å²) in [5, 5.41) is 7.30. The molecule has 0 radical (unpaired) electrons. The van der Waals surface area contributed by atoms with Crippen LogP contribution in [-0.2, 0) is 0 Å². The Morgan fingerprint density at radius 2 is 2.09 bits per heavy atom. The van der Waals surface area contributed by atoms with E-state index in [0.29, 0.717) is 18.2 Å². The minimum Gasteiger partial charge on any atom is -0.492 e. The Kier molecular flexibility index (Phi) is 5.08. The van der Waals surface area contributed by atoms with Gasteiger partial charge in [0.25, 0.3) is 0 Å². The molecule has 1 unspecified atom stereocenters. The van der Waals surface area contributed by atoms with Gasteiger partial charge in [0, 0.05) is 15.1 Å². The van der Waals surface area contributed by atoms with Crippen molar-refractivity contribution in [1.82, 2.24) is 10.6 Å². The topological polar surface area (TPSA) is 45.6 Å². The zero-order valence-electron chi connectivity index (χ0n) is 12.6. The average molecular weight is 395 g/mol. The first-order valence-electron chi connectivity index (χ1n) is 7.39. The van der Waals surface area contributed by atoms with E-state index in [1.165, 1.54) is 0 Å². The van der Waals surface area contributed by atoms with Crippen LogP contribution in [0.4, 0.5) is 5.69 Å². The highest BCUT2D eigenvalue weighted by Crippen LogP contribution is 2.38. The van der Waals surface area contributed by atoms with Gasteiger partial charge >= 0.3 is 0 Å². The molecular weight excluding hydrogens is 378 g/mol. The second kappa shape index (κ2) is 7.23. The van der Waals surface area contributed by atoms with E-state index in [1.807, 2.05) is 42.5 Å². The van der Waals surface area contributed by atoms with Crippen LogP contribution in [0.1, 0.15) is 18.5 Å². The lowest BCUT2D eigenvalue weighted by Gasteiger charge is -2.25. The van der Waals surface area contributed by atoms with E-state index in [0.717, 1.165) is 27.4 Å². The van der Waals surface area contributed by atoms with Crippen molar-refractivity contribution in [3.63, 3.8) is 0 Å². The van der Waals surface area contributed by atoms with E-state index in [1.54, 1.807) is 0 Å². The Morgan fingerprint density at radius 1 is 1.30 bits per heavy atom. The van der Waals surface area contributed by atoms with Crippen molar-refractivity contribution < 1.29 is 4.74 Å². The van der Waals surface area contributed by atoms with Crippen LogP contribution in [0.25, 0.3) is 0 Å². The Hall–Kier alpha value is -1.72. The highest BCUT2D eigenvalue weighted by Gasteiger charge is 2.20. The molecule has 2 aromatic carbocycles. The number of benzene rings is 2. The Bertz CT molecular complexity index is 721. The molecule has 6 heteroatoms. The Balaban J connectivity index is 1.61. The predicted octanol–water partition coefficient (Wildman–Crippen LogP) is 4.42. The van der Waals surface area contributed by atoms with Crippen LogP contribution < -0.4 is 15.4 Å². The van der Waals surface area contributed by atoms with Gasteiger partial charge in [0.1, 0.15) is 12.4 Å². The SMILES string of the molecule is CC1NC(NCCOc2ccccc2)=Nc2c(Br)cc(Cl)cc21. The third-order valence-corrected chi connectivity index (χ3v) is 4.33. The molecule has 3 rings (SSSR count). The molecule has 23 heavy (non-hydrogen) atoms. The summed E-state index contributed by atoms with van der Waals surface area (Å²) >= 11 is 9.63. The van der Waals surface area contributed by atoms with E-state index in [9.17, 15) is 0 Å². The van der Waals surface area contributed by atoms with Crippen molar-refractivity contribution in [1.29, 1.82) is 0 Å². The largest absolute Gasteiger partial charge is 0.492 e. The second-order valence-corrected chi connectivity index (χ2v) is 6.53. The number of rotatable bonds is 4. The van der Waals surface area contributed by atoms with Gasteiger partial charge in [0.15, 0.2) is 5.96 Å². The maximum atomic E-state index is 6.11. The molecule has 0 aromatic heterocycles. The minimum absolute atomic E-state index is 0.134. The highest BCUT2D eigenvalue weighted by atomic mass is 79.9. The number of halogens is 2. The highest BCUT2D eigenvalue weighted by molar-refractivity contribution is 9.10. The summed E-state index contributed by atoms with van der Waals surface area (Å²) in [4.78, 5) is 4.61. The number of guanidine groups is 1. The zero-order valence-corrected chi connectivity index (χ0v) is 15.0. The van der Waals surface area contributed by atoms with Crippen LogP contribution in [0.15, 0.2) is 51.9 Å². The molecule has 0 bridgehead atoms. The lowest BCUT2D eigenvalue weighted by atomic mass is 10.1. The third-order valence-electron chi connectivity index (χ3n) is 3.51. The summed E-state index contributed by atoms with van der Waals surface area (Å²) in [6.07, 6.45) is 0. The number of hydrogen-bond donors (Lipinski definition) is 2. The predicted molar refractivity (Wildman–Crippen MR) is 97.7 cm³/mol. The average Bonchev–Trinajstić information content (AvgIpc) is 2.54. The number of ether oxygens (including phenoxy) is 1. The van der Waals surface area contributed by atoms with E-state index >= 15 is 0 Å². The van der Waals surface area contributed by atoms with Crippen molar-refractivity contribution in [2.75, 3.05) is 13.2 Å². The van der Waals surface area contributed by atoms with Gasteiger partial charge in [-0.25, -0.2) is 4.99 Å². The van der Waals surface area contributed by atoms with Gasteiger partial charge < -0.3 is 15.4 Å². The second-order valence-electron chi connectivity index (χ2n) is 5.24. The van der Waals surface area contributed by atoms with Gasteiger partial charge in [0.2, 0.25) is 0 Å². The molecule has 2 aromatic rings. The number of para-hydroxylation sites is 1. The van der Waals surface area contributed by atoms with E-state index in [4.69, 9.17) is 16.3 Å². The summed E-state index contributed by atoms with van der Waals surface area (Å²) in [5.74, 6) is 1.61. The molecule has 120 valence electrons. The van der Waals surface area contributed by atoms with Gasteiger partial charge in [-0.05, 0) is 47.1 Å². The maximum absolute atomic E-state index is 6.11. The molecule has 1 aliphatic rings. The molecular formula is C17H17BrClN3O. The molecule has 0 amide bonds. The van der Waals surface area contributed by atoms with Gasteiger partial charge in [-0.3, -0.25) is 0 Å². The summed E-state index contributed by atoms with van der Waals surface area (Å²) < 4.78 is 6.56. The molecule has 1 heterocycles. The third kappa shape index (κ3) is 3.98. The fraction of sp³-hybridized carbons (Fsp3) is 0.235. The van der Waals surface area contributed by atoms with Gasteiger partial charge in [-0.1, -0.05) is 29.8 Å². The van der Waals surface area contributed by atoms with Crippen LogP contribution in [0.3, 0.4) is 0 Å². The molecule has 1 atom stereocenters. The standard InChI is InChI=1S/C17H17BrClN3O/c1-11-14-9-12(19)10-15(18)16(14)22-17(21-11)20-7-8-23-13-5-3-2-4-6-13/h2-6,9-11H,7-8H2,1H3,(H2,20,21,22). The summed E-state index contributed by atoms with van der Waals surface area (Å²) in [7, 11) is 0. The molecule has 0 saturated heterocycles. The Morgan fingerprint density at radius 3 is 2.87 bits per heavy atom. The molecule has 4 nitrogen and oxygen atoms in total. The Labute approximate surface area is 149 Å². The quantitative estimate of drug-likeness (QED) is 0.754. The van der Waals surface area contributed by atoms with E-state index in [2.05, 4.69) is 38.5 Å². The van der Waals surface area contributed by atoms with Crippen LogP contribution in [0.5, 0.6) is 5.75 Å². The monoisotopic (exact) mass is 393 g/mol. The number of aliphatic imine (C=N–C) groups is 1.